The van der Waals surface area contributed by atoms with Gasteiger partial charge >= 0.3 is 0 Å². The third-order valence-electron chi connectivity index (χ3n) is 5.62. The summed E-state index contributed by atoms with van der Waals surface area (Å²) in [5.41, 5.74) is 2.63. The maximum Gasteiger partial charge on any atom is 0.269 e. The molecule has 0 fully saturated rings. The number of non-ortho nitro benzene ring substituents is 1. The Morgan fingerprint density at radius 3 is 2.41 bits per heavy atom. The van der Waals surface area contributed by atoms with Crippen LogP contribution in [0, 0.1) is 15.9 Å². The molecule has 164 valence electrons. The lowest BCUT2D eigenvalue weighted by Crippen LogP contribution is -2.40. The molecule has 0 spiro atoms. The molecule has 0 aliphatic carbocycles. The first kappa shape index (κ1) is 21.3. The number of carbonyl (C=O) groups is 1. The number of rotatable bonds is 5. The first-order chi connectivity index (χ1) is 15.4. The Morgan fingerprint density at radius 2 is 1.75 bits per heavy atom. The van der Waals surface area contributed by atoms with E-state index in [4.69, 9.17) is 9.47 Å². The normalized spacial score (nSPS) is 15.1. The smallest absolute Gasteiger partial charge is 0.269 e. The number of nitrogens with zero attached hydrogens (tertiary/aromatic N) is 2. The number of hydrogen-bond acceptors (Lipinski definition) is 5. The quantitative estimate of drug-likeness (QED) is 0.433. The van der Waals surface area contributed by atoms with E-state index in [0.717, 1.165) is 11.1 Å². The summed E-state index contributed by atoms with van der Waals surface area (Å²) in [6.07, 6.45) is 0.564. The molecule has 0 bridgehead atoms. The van der Waals surface area contributed by atoms with Crippen LogP contribution < -0.4 is 9.47 Å². The minimum Gasteiger partial charge on any atom is -0.493 e. The van der Waals surface area contributed by atoms with Crippen LogP contribution in [0.1, 0.15) is 33.1 Å². The molecule has 0 radical (unpaired) electrons. The van der Waals surface area contributed by atoms with E-state index in [1.165, 1.54) is 43.5 Å². The summed E-state index contributed by atoms with van der Waals surface area (Å²) < 4.78 is 24.3. The van der Waals surface area contributed by atoms with Crippen molar-refractivity contribution in [3.63, 3.8) is 0 Å². The molecule has 1 heterocycles. The SMILES string of the molecule is COc1cc2c(cc1OC)[C@@H](c1cccc([N+](=O)[O-])c1)N(C(=O)c1ccc(F)cc1)CC2. The van der Waals surface area contributed by atoms with Crippen molar-refractivity contribution in [1.29, 1.82) is 0 Å². The predicted molar refractivity (Wildman–Crippen MR) is 116 cm³/mol. The predicted octanol–water partition coefficient (Wildman–Crippen LogP) is 4.54. The number of nitro groups is 1. The van der Waals surface area contributed by atoms with Gasteiger partial charge in [0.1, 0.15) is 5.82 Å². The number of methoxy groups -OCH3 is 2. The maximum absolute atomic E-state index is 13.4. The monoisotopic (exact) mass is 436 g/mol. The second-order valence-corrected chi connectivity index (χ2v) is 7.42. The summed E-state index contributed by atoms with van der Waals surface area (Å²) in [6.45, 7) is 0.381. The first-order valence-electron chi connectivity index (χ1n) is 9.98. The summed E-state index contributed by atoms with van der Waals surface area (Å²) in [6, 6.07) is 14.7. The number of nitro benzene ring substituents is 1. The van der Waals surface area contributed by atoms with Crippen molar-refractivity contribution in [2.24, 2.45) is 0 Å². The molecule has 1 aliphatic rings. The topological polar surface area (TPSA) is 81.9 Å². The van der Waals surface area contributed by atoms with Gasteiger partial charge in [0, 0.05) is 24.2 Å². The van der Waals surface area contributed by atoms with Crippen molar-refractivity contribution in [1.82, 2.24) is 4.90 Å². The summed E-state index contributed by atoms with van der Waals surface area (Å²) >= 11 is 0. The lowest BCUT2D eigenvalue weighted by Gasteiger charge is -2.38. The highest BCUT2D eigenvalue weighted by molar-refractivity contribution is 5.95. The minimum absolute atomic E-state index is 0.0655. The van der Waals surface area contributed by atoms with Gasteiger partial charge < -0.3 is 14.4 Å². The summed E-state index contributed by atoms with van der Waals surface area (Å²) in [7, 11) is 3.08. The van der Waals surface area contributed by atoms with Crippen LogP contribution in [0.3, 0.4) is 0 Å². The van der Waals surface area contributed by atoms with Crippen molar-refractivity contribution >= 4 is 11.6 Å². The second-order valence-electron chi connectivity index (χ2n) is 7.42. The van der Waals surface area contributed by atoms with Gasteiger partial charge in [-0.1, -0.05) is 12.1 Å². The van der Waals surface area contributed by atoms with Crippen molar-refractivity contribution < 1.29 is 23.6 Å². The van der Waals surface area contributed by atoms with Crippen LogP contribution in [0.25, 0.3) is 0 Å². The van der Waals surface area contributed by atoms with Crippen LogP contribution in [-0.4, -0.2) is 36.5 Å². The molecule has 0 unspecified atom stereocenters. The summed E-state index contributed by atoms with van der Waals surface area (Å²) in [5, 5.41) is 11.4. The Hall–Kier alpha value is -3.94. The van der Waals surface area contributed by atoms with Gasteiger partial charge in [0.25, 0.3) is 11.6 Å². The van der Waals surface area contributed by atoms with E-state index in [9.17, 15) is 19.3 Å². The third-order valence-corrected chi connectivity index (χ3v) is 5.62. The van der Waals surface area contributed by atoms with Gasteiger partial charge in [0.05, 0.1) is 25.2 Å². The zero-order valence-electron chi connectivity index (χ0n) is 17.6. The Kier molecular flexibility index (Phi) is 5.77. The highest BCUT2D eigenvalue weighted by Crippen LogP contribution is 2.42. The lowest BCUT2D eigenvalue weighted by atomic mass is 9.87. The van der Waals surface area contributed by atoms with E-state index in [2.05, 4.69) is 0 Å². The highest BCUT2D eigenvalue weighted by Gasteiger charge is 2.34. The van der Waals surface area contributed by atoms with Crippen molar-refractivity contribution in [3.8, 4) is 11.5 Å². The van der Waals surface area contributed by atoms with Crippen molar-refractivity contribution in [3.05, 3.63) is 98.8 Å². The van der Waals surface area contributed by atoms with Gasteiger partial charge in [-0.05, 0) is 59.5 Å². The Morgan fingerprint density at radius 1 is 1.06 bits per heavy atom. The van der Waals surface area contributed by atoms with E-state index in [-0.39, 0.29) is 11.6 Å². The molecule has 1 amide bonds. The number of fused-ring (bicyclic) bond motifs is 1. The average molecular weight is 436 g/mol. The molecule has 0 aromatic heterocycles. The fourth-order valence-corrected chi connectivity index (χ4v) is 4.09. The summed E-state index contributed by atoms with van der Waals surface area (Å²) in [4.78, 5) is 26.0. The largest absolute Gasteiger partial charge is 0.493 e. The summed E-state index contributed by atoms with van der Waals surface area (Å²) in [5.74, 6) is 0.347. The number of amides is 1. The minimum atomic E-state index is -0.587. The number of halogens is 1. The van der Waals surface area contributed by atoms with Gasteiger partial charge in [0.2, 0.25) is 0 Å². The highest BCUT2D eigenvalue weighted by atomic mass is 19.1. The fraction of sp³-hybridized carbons (Fsp3) is 0.208. The lowest BCUT2D eigenvalue weighted by molar-refractivity contribution is -0.384. The van der Waals surface area contributed by atoms with E-state index in [0.29, 0.717) is 35.6 Å². The van der Waals surface area contributed by atoms with Gasteiger partial charge in [0.15, 0.2) is 11.5 Å². The van der Waals surface area contributed by atoms with Crippen LogP contribution in [0.2, 0.25) is 0 Å². The second kappa shape index (κ2) is 8.66. The van der Waals surface area contributed by atoms with Crippen LogP contribution >= 0.6 is 0 Å². The average Bonchev–Trinajstić information content (AvgIpc) is 2.82. The van der Waals surface area contributed by atoms with Crippen LogP contribution in [0.5, 0.6) is 11.5 Å². The van der Waals surface area contributed by atoms with E-state index in [1.807, 2.05) is 12.1 Å². The molecule has 1 atom stereocenters. The number of carbonyl (C=O) groups excluding carboxylic acids is 1. The first-order valence-corrected chi connectivity index (χ1v) is 9.98. The number of ether oxygens (including phenoxy) is 2. The van der Waals surface area contributed by atoms with Crippen molar-refractivity contribution in [2.75, 3.05) is 20.8 Å². The Labute approximate surface area is 184 Å². The number of benzene rings is 3. The van der Waals surface area contributed by atoms with E-state index >= 15 is 0 Å². The molecule has 0 N–H and O–H groups in total. The van der Waals surface area contributed by atoms with Gasteiger partial charge in [-0.2, -0.15) is 0 Å². The molecule has 0 saturated heterocycles. The molecule has 7 nitrogen and oxygen atoms in total. The Balaban J connectivity index is 1.87. The Bertz CT molecular complexity index is 1180. The van der Waals surface area contributed by atoms with E-state index in [1.54, 1.807) is 24.1 Å². The standard InChI is InChI=1S/C24H21FN2O5/c1-31-21-13-16-10-11-26(24(28)15-6-8-18(25)9-7-15)23(20(16)14-22(21)32-2)17-4-3-5-19(12-17)27(29)30/h3-9,12-14,23H,10-11H2,1-2H3/t23-/m1/s1. The van der Waals surface area contributed by atoms with E-state index < -0.39 is 16.8 Å². The molecular weight excluding hydrogens is 415 g/mol. The molecule has 1 aliphatic heterocycles. The molecule has 4 rings (SSSR count). The molecule has 3 aromatic carbocycles. The van der Waals surface area contributed by atoms with Crippen molar-refractivity contribution in [2.45, 2.75) is 12.5 Å². The fourth-order valence-electron chi connectivity index (χ4n) is 4.09. The molecule has 32 heavy (non-hydrogen) atoms. The van der Waals surface area contributed by atoms with Gasteiger partial charge in [-0.15, -0.1) is 0 Å². The maximum atomic E-state index is 13.4. The zero-order chi connectivity index (χ0) is 22.8. The number of hydrogen-bond donors (Lipinski definition) is 0. The van der Waals surface area contributed by atoms with Crippen LogP contribution in [0.15, 0.2) is 60.7 Å². The van der Waals surface area contributed by atoms with Crippen LogP contribution in [-0.2, 0) is 6.42 Å². The van der Waals surface area contributed by atoms with Gasteiger partial charge in [-0.3, -0.25) is 14.9 Å². The van der Waals surface area contributed by atoms with Gasteiger partial charge in [-0.25, -0.2) is 4.39 Å². The third kappa shape index (κ3) is 3.87. The molecule has 3 aromatic rings. The molecule has 8 heteroatoms. The van der Waals surface area contributed by atoms with Crippen LogP contribution in [0.4, 0.5) is 10.1 Å². The molecule has 0 saturated carbocycles. The molecular formula is C24H21FN2O5. The zero-order valence-corrected chi connectivity index (χ0v) is 17.6.